The number of nitrogens with two attached hydrogens (primary N) is 1. The van der Waals surface area contributed by atoms with Crippen molar-refractivity contribution in [3.63, 3.8) is 0 Å². The summed E-state index contributed by atoms with van der Waals surface area (Å²) in [5, 5.41) is 8.87. The maximum Gasteiger partial charge on any atom is 0.316 e. The van der Waals surface area contributed by atoms with E-state index in [1.807, 2.05) is 24.3 Å². The van der Waals surface area contributed by atoms with Crippen LogP contribution < -0.4 is 10.0 Å². The largest absolute Gasteiger partial charge is 0.316 e. The fourth-order valence-corrected chi connectivity index (χ4v) is 3.81. The smallest absolute Gasteiger partial charge is 0.297 e. The molecule has 2 heterocycles. The van der Waals surface area contributed by atoms with Crippen LogP contribution >= 0.6 is 11.8 Å². The molecule has 0 aromatic heterocycles. The summed E-state index contributed by atoms with van der Waals surface area (Å²) in [4.78, 5) is 2.80. The Bertz CT molecular complexity index is 571. The SMILES string of the molecule is NS(=O)(=O)N1N=CN2c3ccccc3SC21. The van der Waals surface area contributed by atoms with Gasteiger partial charge in [-0.25, -0.2) is 5.14 Å². The van der Waals surface area contributed by atoms with E-state index in [1.165, 1.54) is 18.1 Å². The first-order valence-corrected chi connectivity index (χ1v) is 6.86. The number of hydrazone groups is 1. The predicted octanol–water partition coefficient (Wildman–Crippen LogP) is 0.345. The third-order valence-corrected chi connectivity index (χ3v) is 4.54. The van der Waals surface area contributed by atoms with Gasteiger partial charge in [0, 0.05) is 4.90 Å². The molecule has 0 radical (unpaired) electrons. The Labute approximate surface area is 96.9 Å². The number of rotatable bonds is 1. The van der Waals surface area contributed by atoms with Gasteiger partial charge in [-0.15, -0.1) is 9.52 Å². The van der Waals surface area contributed by atoms with Gasteiger partial charge in [-0.1, -0.05) is 23.9 Å². The van der Waals surface area contributed by atoms with Crippen molar-refractivity contribution in [3.05, 3.63) is 24.3 Å². The normalized spacial score (nSPS) is 22.4. The van der Waals surface area contributed by atoms with Gasteiger partial charge in [0.2, 0.25) is 0 Å². The molecule has 2 N–H and O–H groups in total. The molecule has 0 saturated carbocycles. The summed E-state index contributed by atoms with van der Waals surface area (Å²) in [6, 6.07) is 7.66. The lowest BCUT2D eigenvalue weighted by atomic mass is 10.3. The summed E-state index contributed by atoms with van der Waals surface area (Å²) in [6.07, 6.45) is 1.48. The Hall–Kier alpha value is -1.25. The Balaban J connectivity index is 2.04. The molecule has 1 aromatic rings. The van der Waals surface area contributed by atoms with Crippen LogP contribution in [-0.2, 0) is 10.2 Å². The number of para-hydroxylation sites is 1. The lowest BCUT2D eigenvalue weighted by molar-refractivity contribution is 0.442. The second-order valence-corrected chi connectivity index (χ2v) is 5.87. The molecule has 3 rings (SSSR count). The maximum atomic E-state index is 11.3. The zero-order valence-electron chi connectivity index (χ0n) is 8.02. The minimum Gasteiger partial charge on any atom is -0.297 e. The molecule has 2 aliphatic rings. The van der Waals surface area contributed by atoms with E-state index in [1.54, 1.807) is 4.90 Å². The molecule has 6 nitrogen and oxygen atoms in total. The lowest BCUT2D eigenvalue weighted by Gasteiger charge is -2.20. The van der Waals surface area contributed by atoms with E-state index >= 15 is 0 Å². The number of benzene rings is 1. The van der Waals surface area contributed by atoms with Gasteiger partial charge in [-0.3, -0.25) is 4.90 Å². The van der Waals surface area contributed by atoms with Gasteiger partial charge >= 0.3 is 10.2 Å². The van der Waals surface area contributed by atoms with Gasteiger partial charge in [0.15, 0.2) is 5.50 Å². The first kappa shape index (κ1) is 9.94. The average molecular weight is 256 g/mol. The summed E-state index contributed by atoms with van der Waals surface area (Å²) >= 11 is 1.41. The summed E-state index contributed by atoms with van der Waals surface area (Å²) in [6.45, 7) is 0. The fraction of sp³-hybridized carbons (Fsp3) is 0.125. The molecular formula is C8H8N4O2S2. The van der Waals surface area contributed by atoms with Crippen LogP contribution in [0.4, 0.5) is 5.69 Å². The molecule has 0 spiro atoms. The van der Waals surface area contributed by atoms with E-state index in [2.05, 4.69) is 5.10 Å². The first-order chi connectivity index (χ1) is 7.57. The van der Waals surface area contributed by atoms with E-state index in [-0.39, 0.29) is 0 Å². The highest BCUT2D eigenvalue weighted by atomic mass is 32.2. The molecular weight excluding hydrogens is 248 g/mol. The number of hydrogen-bond acceptors (Lipinski definition) is 5. The van der Waals surface area contributed by atoms with Crippen molar-refractivity contribution in [1.82, 2.24) is 4.41 Å². The molecule has 0 saturated heterocycles. The van der Waals surface area contributed by atoms with Crippen LogP contribution in [0.15, 0.2) is 34.3 Å². The number of anilines is 1. The standard InChI is InChI=1S/C8H8N4O2S2/c9-16(13,14)12-8-11(5-10-12)6-3-1-2-4-7(6)15-8/h1-5,8H,(H2,9,13,14). The van der Waals surface area contributed by atoms with Crippen molar-refractivity contribution >= 4 is 34.0 Å². The molecule has 8 heteroatoms. The minimum absolute atomic E-state index is 0.424. The van der Waals surface area contributed by atoms with E-state index in [0.717, 1.165) is 15.0 Å². The van der Waals surface area contributed by atoms with Crippen molar-refractivity contribution in [2.24, 2.45) is 10.2 Å². The van der Waals surface area contributed by atoms with Gasteiger partial charge in [0.1, 0.15) is 6.34 Å². The molecule has 1 atom stereocenters. The Morgan fingerprint density at radius 2 is 2.12 bits per heavy atom. The average Bonchev–Trinajstić information content (AvgIpc) is 2.73. The van der Waals surface area contributed by atoms with Crippen molar-refractivity contribution in [2.75, 3.05) is 4.90 Å². The number of fused-ring (bicyclic) bond motifs is 3. The summed E-state index contributed by atoms with van der Waals surface area (Å²) in [5.41, 5.74) is 0.528. The van der Waals surface area contributed by atoms with Gasteiger partial charge in [0.25, 0.3) is 0 Å². The minimum atomic E-state index is -3.80. The zero-order chi connectivity index (χ0) is 11.3. The quantitative estimate of drug-likeness (QED) is 0.786. The number of nitrogens with zero attached hydrogens (tertiary/aromatic N) is 3. The van der Waals surface area contributed by atoms with Crippen LogP contribution in [0, 0.1) is 0 Å². The highest BCUT2D eigenvalue weighted by molar-refractivity contribution is 8.01. The highest BCUT2D eigenvalue weighted by Gasteiger charge is 2.41. The van der Waals surface area contributed by atoms with Gasteiger partial charge < -0.3 is 0 Å². The van der Waals surface area contributed by atoms with E-state index < -0.39 is 15.7 Å². The van der Waals surface area contributed by atoms with Crippen LogP contribution in [-0.4, -0.2) is 24.7 Å². The molecule has 0 aliphatic carbocycles. The molecule has 1 unspecified atom stereocenters. The van der Waals surface area contributed by atoms with E-state index in [9.17, 15) is 8.42 Å². The van der Waals surface area contributed by atoms with Crippen LogP contribution in [0.3, 0.4) is 0 Å². The molecule has 16 heavy (non-hydrogen) atoms. The molecule has 2 aliphatic heterocycles. The second kappa shape index (κ2) is 3.12. The summed E-state index contributed by atoms with van der Waals surface area (Å²) in [5.74, 6) is 0. The maximum absolute atomic E-state index is 11.3. The van der Waals surface area contributed by atoms with Crippen LogP contribution in [0.2, 0.25) is 0 Å². The Morgan fingerprint density at radius 3 is 2.88 bits per heavy atom. The molecule has 0 amide bonds. The number of hydrogen-bond donors (Lipinski definition) is 1. The van der Waals surface area contributed by atoms with Gasteiger partial charge in [0.05, 0.1) is 5.69 Å². The van der Waals surface area contributed by atoms with Crippen molar-refractivity contribution < 1.29 is 8.42 Å². The van der Waals surface area contributed by atoms with E-state index in [0.29, 0.717) is 0 Å². The number of thioether (sulfide) groups is 1. The van der Waals surface area contributed by atoms with Crippen LogP contribution in [0.1, 0.15) is 0 Å². The first-order valence-electron chi connectivity index (χ1n) is 4.48. The van der Waals surface area contributed by atoms with Crippen molar-refractivity contribution in [3.8, 4) is 0 Å². The monoisotopic (exact) mass is 256 g/mol. The van der Waals surface area contributed by atoms with E-state index in [4.69, 9.17) is 5.14 Å². The predicted molar refractivity (Wildman–Crippen MR) is 62.0 cm³/mol. The highest BCUT2D eigenvalue weighted by Crippen LogP contribution is 2.45. The van der Waals surface area contributed by atoms with Gasteiger partial charge in [-0.05, 0) is 12.1 Å². The molecule has 0 bridgehead atoms. The van der Waals surface area contributed by atoms with Crippen LogP contribution in [0.25, 0.3) is 0 Å². The third-order valence-electron chi connectivity index (χ3n) is 2.35. The zero-order valence-corrected chi connectivity index (χ0v) is 9.65. The Morgan fingerprint density at radius 1 is 1.38 bits per heavy atom. The van der Waals surface area contributed by atoms with Crippen molar-refractivity contribution in [2.45, 2.75) is 10.4 Å². The summed E-state index contributed by atoms with van der Waals surface area (Å²) in [7, 11) is -3.80. The third kappa shape index (κ3) is 1.30. The lowest BCUT2D eigenvalue weighted by Crippen LogP contribution is -2.41. The molecule has 0 fully saturated rings. The summed E-state index contributed by atoms with van der Waals surface area (Å²) < 4.78 is 23.5. The topological polar surface area (TPSA) is 79.0 Å². The molecule has 84 valence electrons. The van der Waals surface area contributed by atoms with Crippen molar-refractivity contribution in [1.29, 1.82) is 0 Å². The van der Waals surface area contributed by atoms with Gasteiger partial charge in [-0.2, -0.15) is 8.42 Å². The molecule has 1 aromatic carbocycles. The fourth-order valence-electron chi connectivity index (χ4n) is 1.69. The van der Waals surface area contributed by atoms with Crippen LogP contribution in [0.5, 0.6) is 0 Å². The second-order valence-electron chi connectivity index (χ2n) is 3.37. The Kier molecular flexibility index (Phi) is 1.94.